The normalized spacial score (nSPS) is 14.7. The van der Waals surface area contributed by atoms with E-state index in [4.69, 9.17) is 0 Å². The summed E-state index contributed by atoms with van der Waals surface area (Å²) >= 11 is 0. The number of ketones is 1. The van der Waals surface area contributed by atoms with E-state index in [0.717, 1.165) is 57.8 Å². The van der Waals surface area contributed by atoms with Crippen LogP contribution in [0.1, 0.15) is 348 Å². The zero-order valence-electron chi connectivity index (χ0n) is 45.1. The number of aliphatic hydroxyl groups is 5. The average Bonchev–Trinajstić information content (AvgIpc) is 3.32. The molecule has 0 bridgehead atoms. The minimum absolute atomic E-state index is 0.0176. The Labute approximate surface area is 412 Å². The van der Waals surface area contributed by atoms with E-state index in [1.807, 2.05) is 0 Å². The van der Waals surface area contributed by atoms with Gasteiger partial charge in [0.15, 0.2) is 11.4 Å². The third-order valence-corrected chi connectivity index (χ3v) is 15.3. The van der Waals surface area contributed by atoms with Crippen molar-refractivity contribution in [3.05, 3.63) is 0 Å². The Balaban J connectivity index is 4.91. The monoisotopic (exact) mass is 937 g/mol. The van der Waals surface area contributed by atoms with Crippen LogP contribution < -0.4 is 0 Å². The molecule has 396 valence electrons. The van der Waals surface area contributed by atoms with Crippen LogP contribution >= 0.6 is 0 Å². The molecular formula is C60H120O6. The Hall–Kier alpha value is -0.530. The molecule has 0 saturated heterocycles. The average molecular weight is 938 g/mol. The van der Waals surface area contributed by atoms with Gasteiger partial charge in [-0.1, -0.05) is 329 Å². The highest BCUT2D eigenvalue weighted by molar-refractivity contribution is 5.89. The minimum atomic E-state index is -2.32. The molecule has 1 unspecified atom stereocenters. The first-order valence-electron chi connectivity index (χ1n) is 30.2. The van der Waals surface area contributed by atoms with E-state index in [9.17, 15) is 30.3 Å². The fourth-order valence-electron chi connectivity index (χ4n) is 10.6. The van der Waals surface area contributed by atoms with Gasteiger partial charge in [0.05, 0.1) is 6.10 Å². The van der Waals surface area contributed by atoms with Gasteiger partial charge in [-0.05, 0) is 19.3 Å². The van der Waals surface area contributed by atoms with Crippen LogP contribution in [0.15, 0.2) is 0 Å². The first-order chi connectivity index (χ1) is 32.2. The molecule has 6 heteroatoms. The molecule has 0 radical (unpaired) electrons. The molecule has 0 aliphatic rings. The van der Waals surface area contributed by atoms with Crippen molar-refractivity contribution in [1.82, 2.24) is 0 Å². The number of unbranched alkanes of at least 4 members (excludes halogenated alkanes) is 45. The summed E-state index contributed by atoms with van der Waals surface area (Å²) in [7, 11) is 0. The lowest BCUT2D eigenvalue weighted by atomic mass is 9.68. The summed E-state index contributed by atoms with van der Waals surface area (Å²) in [4.78, 5) is 13.4. The summed E-state index contributed by atoms with van der Waals surface area (Å²) in [6.45, 7) is 5.91. The first-order valence-corrected chi connectivity index (χ1v) is 30.2. The fraction of sp³-hybridized carbons (Fsp3) is 0.983. The van der Waals surface area contributed by atoms with Gasteiger partial charge in [0, 0.05) is 0 Å². The van der Waals surface area contributed by atoms with Gasteiger partial charge >= 0.3 is 0 Å². The van der Waals surface area contributed by atoms with Crippen LogP contribution in [0.4, 0.5) is 0 Å². The zero-order chi connectivity index (χ0) is 48.5. The van der Waals surface area contributed by atoms with Crippen molar-refractivity contribution >= 4 is 5.78 Å². The summed E-state index contributed by atoms with van der Waals surface area (Å²) in [6.07, 6.45) is 56.2. The number of carbonyl (C=O) groups excluding carboxylic acids is 1. The van der Waals surface area contributed by atoms with Crippen molar-refractivity contribution in [1.29, 1.82) is 0 Å². The summed E-state index contributed by atoms with van der Waals surface area (Å²) in [5.74, 6) is -0.851. The molecule has 0 saturated carbocycles. The third kappa shape index (κ3) is 36.4. The van der Waals surface area contributed by atoms with E-state index in [1.54, 1.807) is 0 Å². The van der Waals surface area contributed by atoms with Crippen LogP contribution in [0.5, 0.6) is 0 Å². The lowest BCUT2D eigenvalue weighted by Crippen LogP contribution is -2.68. The van der Waals surface area contributed by atoms with Gasteiger partial charge in [-0.25, -0.2) is 0 Å². The SMILES string of the molecule is CCCCCCCCCCCCCCCCCCC(O)[C@@H](O)[C@](O)(CCCCCCCCCCCCCCCCCC)[C@@](O)(CCCCCCCCCCCCCCCCCC)C(=O)CO. The van der Waals surface area contributed by atoms with E-state index in [2.05, 4.69) is 20.8 Å². The predicted molar refractivity (Wildman–Crippen MR) is 286 cm³/mol. The highest BCUT2D eigenvalue weighted by Crippen LogP contribution is 2.39. The van der Waals surface area contributed by atoms with Crippen molar-refractivity contribution in [2.24, 2.45) is 0 Å². The van der Waals surface area contributed by atoms with Gasteiger partial charge < -0.3 is 25.5 Å². The molecule has 0 heterocycles. The Kier molecular flexibility index (Phi) is 49.1. The van der Waals surface area contributed by atoms with Gasteiger partial charge in [-0.3, -0.25) is 4.79 Å². The van der Waals surface area contributed by atoms with E-state index < -0.39 is 35.8 Å². The summed E-state index contributed by atoms with van der Waals surface area (Å²) in [6, 6.07) is 0. The molecule has 0 amide bonds. The van der Waals surface area contributed by atoms with Crippen molar-refractivity contribution in [3.63, 3.8) is 0 Å². The van der Waals surface area contributed by atoms with Crippen LogP contribution in [-0.4, -0.2) is 61.3 Å². The molecule has 0 aliphatic heterocycles. The second kappa shape index (κ2) is 49.5. The summed E-state index contributed by atoms with van der Waals surface area (Å²) in [5.41, 5.74) is -4.55. The third-order valence-electron chi connectivity index (χ3n) is 15.3. The molecule has 0 aromatic rings. The number of hydrogen-bond acceptors (Lipinski definition) is 6. The molecule has 0 rings (SSSR count). The molecule has 5 N–H and O–H groups in total. The van der Waals surface area contributed by atoms with Gasteiger partial charge in [-0.15, -0.1) is 0 Å². The minimum Gasteiger partial charge on any atom is -0.390 e. The van der Waals surface area contributed by atoms with E-state index in [1.165, 1.54) is 238 Å². The van der Waals surface area contributed by atoms with Gasteiger partial charge in [-0.2, -0.15) is 0 Å². The van der Waals surface area contributed by atoms with E-state index in [0.29, 0.717) is 19.3 Å². The van der Waals surface area contributed by atoms with E-state index >= 15 is 0 Å². The second-order valence-electron chi connectivity index (χ2n) is 21.6. The van der Waals surface area contributed by atoms with E-state index in [-0.39, 0.29) is 12.8 Å². The maximum absolute atomic E-state index is 13.4. The Bertz CT molecular complexity index is 975. The smallest absolute Gasteiger partial charge is 0.192 e. The largest absolute Gasteiger partial charge is 0.390 e. The second-order valence-corrected chi connectivity index (χ2v) is 21.6. The fourth-order valence-corrected chi connectivity index (χ4v) is 10.6. The van der Waals surface area contributed by atoms with Crippen LogP contribution in [-0.2, 0) is 4.79 Å². The van der Waals surface area contributed by atoms with Gasteiger partial charge in [0.25, 0.3) is 0 Å². The number of hydrogen-bond donors (Lipinski definition) is 5. The lowest BCUT2D eigenvalue weighted by molar-refractivity contribution is -0.228. The predicted octanol–water partition coefficient (Wildman–Crippen LogP) is 17.7. The first kappa shape index (κ1) is 65.5. The molecule has 0 aromatic carbocycles. The van der Waals surface area contributed by atoms with Crippen LogP contribution in [0.2, 0.25) is 0 Å². The number of aliphatic hydroxyl groups excluding tert-OH is 3. The Morgan fingerprint density at radius 2 is 0.545 bits per heavy atom. The quantitative estimate of drug-likeness (QED) is 0.0388. The lowest BCUT2D eigenvalue weighted by Gasteiger charge is -2.46. The molecule has 0 spiro atoms. The van der Waals surface area contributed by atoms with Crippen LogP contribution in [0, 0.1) is 0 Å². The molecule has 0 fully saturated rings. The highest BCUT2D eigenvalue weighted by atomic mass is 16.4. The maximum atomic E-state index is 13.4. The molecule has 0 aliphatic carbocycles. The molecule has 4 atom stereocenters. The van der Waals surface area contributed by atoms with Crippen molar-refractivity contribution in [2.75, 3.05) is 6.61 Å². The standard InChI is InChI=1S/C60H120O6/c1-4-7-10-13-16-19-22-25-28-31-34-37-40-43-46-49-52-56(62)58(64)60(66,54-51-48-45-42-39-36-33-30-27-24-21-18-15-12-9-6-3)59(65,57(63)55-61)53-50-47-44-41-38-35-32-29-26-23-20-17-14-11-8-5-2/h56,58,61-62,64-66H,4-55H2,1-3H3/t56?,58-,59-,60-/m1/s1. The molecule has 6 nitrogen and oxygen atoms in total. The summed E-state index contributed by atoms with van der Waals surface area (Å²) < 4.78 is 0. The maximum Gasteiger partial charge on any atom is 0.192 e. The van der Waals surface area contributed by atoms with Crippen LogP contribution in [0.25, 0.3) is 0 Å². The Morgan fingerprint density at radius 3 is 0.788 bits per heavy atom. The molecule has 0 aromatic heterocycles. The molecular weight excluding hydrogens is 817 g/mol. The molecule has 66 heavy (non-hydrogen) atoms. The zero-order valence-corrected chi connectivity index (χ0v) is 45.1. The topological polar surface area (TPSA) is 118 Å². The van der Waals surface area contributed by atoms with Crippen molar-refractivity contribution in [3.8, 4) is 0 Å². The van der Waals surface area contributed by atoms with Gasteiger partial charge in [0.1, 0.15) is 18.3 Å². The number of carbonyl (C=O) groups is 1. The van der Waals surface area contributed by atoms with Crippen molar-refractivity contribution in [2.45, 2.75) is 372 Å². The highest BCUT2D eigenvalue weighted by Gasteiger charge is 2.58. The Morgan fingerprint density at radius 1 is 0.333 bits per heavy atom. The van der Waals surface area contributed by atoms with Crippen molar-refractivity contribution < 1.29 is 30.3 Å². The van der Waals surface area contributed by atoms with Gasteiger partial charge in [0.2, 0.25) is 0 Å². The number of rotatable bonds is 56. The number of Topliss-reactive ketones (excluding diaryl/α,β-unsaturated/α-hetero) is 1. The summed E-state index contributed by atoms with van der Waals surface area (Å²) in [5, 5.41) is 57.6. The van der Waals surface area contributed by atoms with Crippen LogP contribution in [0.3, 0.4) is 0 Å².